The molecule has 2 rings (SSSR count). The Morgan fingerprint density at radius 2 is 1.58 bits per heavy atom. The van der Waals surface area contributed by atoms with E-state index in [1.54, 1.807) is 0 Å². The van der Waals surface area contributed by atoms with Crippen molar-refractivity contribution in [3.63, 3.8) is 0 Å². The first-order valence-corrected chi connectivity index (χ1v) is 6.41. The molecule has 0 fully saturated rings. The summed E-state index contributed by atoms with van der Waals surface area (Å²) in [5.41, 5.74) is 3.15. The Kier molecular flexibility index (Phi) is 4.89. The summed E-state index contributed by atoms with van der Waals surface area (Å²) in [6, 6.07) is 20.1. The predicted molar refractivity (Wildman–Crippen MR) is 79.8 cm³/mol. The number of rotatable bonds is 5. The first-order valence-electron chi connectivity index (χ1n) is 6.41. The van der Waals surface area contributed by atoms with Gasteiger partial charge >= 0.3 is 0 Å². The van der Waals surface area contributed by atoms with Crippen molar-refractivity contribution in [1.82, 2.24) is 0 Å². The smallest absolute Gasteiger partial charge is 0.215 e. The fourth-order valence-electron chi connectivity index (χ4n) is 1.88. The minimum Gasteiger partial charge on any atom is -0.317 e. The maximum atomic E-state index is 6.86. The van der Waals surface area contributed by atoms with Gasteiger partial charge in [0.25, 0.3) is 0 Å². The average molecular weight is 248 g/mol. The molecular formula is C17H16N2. The summed E-state index contributed by atoms with van der Waals surface area (Å²) < 4.78 is 0. The Labute approximate surface area is 114 Å². The van der Waals surface area contributed by atoms with E-state index in [0.717, 1.165) is 29.8 Å². The van der Waals surface area contributed by atoms with E-state index in [9.17, 15) is 0 Å². The van der Waals surface area contributed by atoms with Crippen LogP contribution < -0.4 is 0 Å². The molecule has 0 spiro atoms. The lowest BCUT2D eigenvalue weighted by Gasteiger charge is -2.05. The number of para-hydroxylation sites is 1. The van der Waals surface area contributed by atoms with Gasteiger partial charge in [-0.1, -0.05) is 48.5 Å². The van der Waals surface area contributed by atoms with Crippen molar-refractivity contribution in [2.75, 3.05) is 6.54 Å². The number of aliphatic imine (C=N–C) groups is 1. The molecule has 2 aromatic rings. The van der Waals surface area contributed by atoms with E-state index in [4.69, 9.17) is 11.6 Å². The van der Waals surface area contributed by atoms with Gasteiger partial charge in [-0.25, -0.2) is 6.57 Å². The Bertz CT molecular complexity index is 565. The Balaban J connectivity index is 2.25. The SMILES string of the molecule is [C-]#[N+]CCCC(=Nc1ccccc1)c1ccccc1. The Morgan fingerprint density at radius 1 is 0.947 bits per heavy atom. The summed E-state index contributed by atoms with van der Waals surface area (Å²) in [6.07, 6.45) is 1.69. The number of hydrogen-bond donors (Lipinski definition) is 0. The fourth-order valence-corrected chi connectivity index (χ4v) is 1.88. The van der Waals surface area contributed by atoms with Crippen molar-refractivity contribution in [1.29, 1.82) is 0 Å². The molecule has 0 aliphatic rings. The number of nitrogens with zero attached hydrogens (tertiary/aromatic N) is 2. The average Bonchev–Trinajstić information content (AvgIpc) is 2.48. The van der Waals surface area contributed by atoms with E-state index >= 15 is 0 Å². The second kappa shape index (κ2) is 7.13. The van der Waals surface area contributed by atoms with Crippen LogP contribution in [0.2, 0.25) is 0 Å². The van der Waals surface area contributed by atoms with E-state index in [0.29, 0.717) is 6.54 Å². The van der Waals surface area contributed by atoms with Crippen LogP contribution in [0.1, 0.15) is 18.4 Å². The second-order valence-electron chi connectivity index (χ2n) is 4.25. The van der Waals surface area contributed by atoms with Gasteiger partial charge in [-0.2, -0.15) is 0 Å². The van der Waals surface area contributed by atoms with Gasteiger partial charge in [0.05, 0.1) is 5.69 Å². The zero-order valence-electron chi connectivity index (χ0n) is 10.8. The summed E-state index contributed by atoms with van der Waals surface area (Å²) in [4.78, 5) is 8.12. The van der Waals surface area contributed by atoms with Gasteiger partial charge < -0.3 is 4.85 Å². The van der Waals surface area contributed by atoms with Crippen LogP contribution in [-0.2, 0) is 0 Å². The molecule has 0 radical (unpaired) electrons. The lowest BCUT2D eigenvalue weighted by molar-refractivity contribution is 0.952. The molecular weight excluding hydrogens is 232 g/mol. The molecule has 0 atom stereocenters. The molecule has 94 valence electrons. The zero-order chi connectivity index (χ0) is 13.3. The quantitative estimate of drug-likeness (QED) is 0.421. The van der Waals surface area contributed by atoms with Gasteiger partial charge in [-0.3, -0.25) is 4.99 Å². The van der Waals surface area contributed by atoms with Crippen LogP contribution in [0, 0.1) is 6.57 Å². The molecule has 2 heteroatoms. The highest BCUT2D eigenvalue weighted by molar-refractivity contribution is 6.02. The van der Waals surface area contributed by atoms with Crippen molar-refractivity contribution in [2.45, 2.75) is 12.8 Å². The van der Waals surface area contributed by atoms with Crippen LogP contribution >= 0.6 is 0 Å². The zero-order valence-corrected chi connectivity index (χ0v) is 10.8. The first-order chi connectivity index (χ1) is 9.40. The second-order valence-corrected chi connectivity index (χ2v) is 4.25. The third kappa shape index (κ3) is 4.08. The van der Waals surface area contributed by atoms with Crippen LogP contribution in [0.5, 0.6) is 0 Å². The summed E-state index contributed by atoms with van der Waals surface area (Å²) in [5, 5.41) is 0. The standard InChI is InChI=1S/C17H16N2/c1-18-14-8-13-17(15-9-4-2-5-10-15)19-16-11-6-3-7-12-16/h2-7,9-12H,8,13-14H2. The van der Waals surface area contributed by atoms with E-state index in [-0.39, 0.29) is 0 Å². The molecule has 0 saturated heterocycles. The normalized spacial score (nSPS) is 11.0. The summed E-state index contributed by atoms with van der Waals surface area (Å²) in [6.45, 7) is 7.41. The van der Waals surface area contributed by atoms with E-state index < -0.39 is 0 Å². The van der Waals surface area contributed by atoms with Gasteiger partial charge in [0, 0.05) is 12.1 Å². The lowest BCUT2D eigenvalue weighted by atomic mass is 10.1. The van der Waals surface area contributed by atoms with Gasteiger partial charge in [0.2, 0.25) is 6.54 Å². The Morgan fingerprint density at radius 3 is 2.21 bits per heavy atom. The number of benzene rings is 2. The van der Waals surface area contributed by atoms with Crippen molar-refractivity contribution in [3.8, 4) is 0 Å². The van der Waals surface area contributed by atoms with Gasteiger partial charge in [0.15, 0.2) is 0 Å². The first kappa shape index (κ1) is 13.0. The van der Waals surface area contributed by atoms with Crippen LogP contribution in [-0.4, -0.2) is 12.3 Å². The monoisotopic (exact) mass is 248 g/mol. The highest BCUT2D eigenvalue weighted by Gasteiger charge is 2.04. The molecule has 0 aliphatic carbocycles. The molecule has 0 aromatic heterocycles. The van der Waals surface area contributed by atoms with E-state index in [1.807, 2.05) is 48.5 Å². The van der Waals surface area contributed by atoms with E-state index in [2.05, 4.69) is 17.0 Å². The molecule has 0 amide bonds. The lowest BCUT2D eigenvalue weighted by Crippen LogP contribution is -2.01. The molecule has 0 unspecified atom stereocenters. The van der Waals surface area contributed by atoms with Gasteiger partial charge in [0.1, 0.15) is 0 Å². The van der Waals surface area contributed by atoms with Crippen molar-refractivity contribution in [3.05, 3.63) is 77.6 Å². The molecule has 0 bridgehead atoms. The van der Waals surface area contributed by atoms with Crippen LogP contribution in [0.15, 0.2) is 65.7 Å². The largest absolute Gasteiger partial charge is 0.317 e. The maximum absolute atomic E-state index is 6.86. The minimum atomic E-state index is 0.556. The molecule has 0 saturated carbocycles. The molecule has 19 heavy (non-hydrogen) atoms. The van der Waals surface area contributed by atoms with Crippen molar-refractivity contribution >= 4 is 11.4 Å². The molecule has 2 aromatic carbocycles. The minimum absolute atomic E-state index is 0.556. The van der Waals surface area contributed by atoms with E-state index in [1.165, 1.54) is 0 Å². The van der Waals surface area contributed by atoms with Crippen molar-refractivity contribution < 1.29 is 0 Å². The van der Waals surface area contributed by atoms with Crippen LogP contribution in [0.25, 0.3) is 4.85 Å². The fraction of sp³-hybridized carbons (Fsp3) is 0.176. The molecule has 2 nitrogen and oxygen atoms in total. The summed E-state index contributed by atoms with van der Waals surface area (Å²) >= 11 is 0. The third-order valence-electron chi connectivity index (χ3n) is 2.81. The topological polar surface area (TPSA) is 16.7 Å². The molecule has 0 N–H and O–H groups in total. The van der Waals surface area contributed by atoms with Gasteiger partial charge in [-0.05, 0) is 24.1 Å². The number of hydrogen-bond acceptors (Lipinski definition) is 1. The summed E-state index contributed by atoms with van der Waals surface area (Å²) in [7, 11) is 0. The van der Waals surface area contributed by atoms with Crippen LogP contribution in [0.4, 0.5) is 5.69 Å². The van der Waals surface area contributed by atoms with Crippen molar-refractivity contribution in [2.24, 2.45) is 4.99 Å². The summed E-state index contributed by atoms with van der Waals surface area (Å²) in [5.74, 6) is 0. The Hall–Kier alpha value is -2.40. The molecule has 0 heterocycles. The predicted octanol–water partition coefficient (Wildman–Crippen LogP) is 4.51. The highest BCUT2D eigenvalue weighted by Crippen LogP contribution is 2.15. The third-order valence-corrected chi connectivity index (χ3v) is 2.81. The highest BCUT2D eigenvalue weighted by atomic mass is 14.7. The van der Waals surface area contributed by atoms with Crippen LogP contribution in [0.3, 0.4) is 0 Å². The maximum Gasteiger partial charge on any atom is 0.215 e. The molecule has 0 aliphatic heterocycles. The van der Waals surface area contributed by atoms with Gasteiger partial charge in [-0.15, -0.1) is 0 Å².